The Labute approximate surface area is 124 Å². The van der Waals surface area contributed by atoms with Crippen LogP contribution in [0.4, 0.5) is 0 Å². The second-order valence-electron chi connectivity index (χ2n) is 5.24. The first-order chi connectivity index (χ1) is 10.1. The first kappa shape index (κ1) is 13.4. The molecular formula is C19H17NO. The molecule has 0 saturated carbocycles. The summed E-state index contributed by atoms with van der Waals surface area (Å²) in [5, 5.41) is 11.2. The number of pyridine rings is 1. The molecule has 0 radical (unpaired) electrons. The van der Waals surface area contributed by atoms with Gasteiger partial charge < -0.3 is 5.11 Å². The van der Waals surface area contributed by atoms with E-state index in [1.54, 1.807) is 0 Å². The van der Waals surface area contributed by atoms with E-state index >= 15 is 0 Å². The van der Waals surface area contributed by atoms with Crippen LogP contribution in [-0.2, 0) is 0 Å². The molecule has 1 heterocycles. The van der Waals surface area contributed by atoms with Crippen molar-refractivity contribution in [1.82, 2.24) is 4.98 Å². The molecule has 104 valence electrons. The summed E-state index contributed by atoms with van der Waals surface area (Å²) in [6, 6.07) is 16.1. The van der Waals surface area contributed by atoms with Crippen LogP contribution in [0.5, 0.6) is 5.75 Å². The Balaban J connectivity index is 2.05. The molecule has 0 aliphatic heterocycles. The highest BCUT2D eigenvalue weighted by molar-refractivity contribution is 5.89. The molecule has 3 rings (SSSR count). The Morgan fingerprint density at radius 3 is 2.43 bits per heavy atom. The van der Waals surface area contributed by atoms with Gasteiger partial charge in [0.2, 0.25) is 0 Å². The Morgan fingerprint density at radius 2 is 1.67 bits per heavy atom. The second-order valence-corrected chi connectivity index (χ2v) is 5.24. The van der Waals surface area contributed by atoms with Crippen molar-refractivity contribution >= 4 is 23.1 Å². The van der Waals surface area contributed by atoms with Gasteiger partial charge in [0.15, 0.2) is 0 Å². The number of rotatable bonds is 2. The third-order valence-electron chi connectivity index (χ3n) is 3.62. The lowest BCUT2D eigenvalue weighted by molar-refractivity contribution is 0.476. The fourth-order valence-electron chi connectivity index (χ4n) is 2.47. The van der Waals surface area contributed by atoms with Gasteiger partial charge in [0.1, 0.15) is 11.3 Å². The van der Waals surface area contributed by atoms with Gasteiger partial charge in [-0.1, -0.05) is 48.5 Å². The summed E-state index contributed by atoms with van der Waals surface area (Å²) in [6.07, 6.45) is 3.99. The van der Waals surface area contributed by atoms with Gasteiger partial charge in [-0.15, -0.1) is 0 Å². The van der Waals surface area contributed by atoms with Gasteiger partial charge in [0, 0.05) is 5.39 Å². The van der Waals surface area contributed by atoms with Crippen LogP contribution in [0, 0.1) is 13.8 Å². The van der Waals surface area contributed by atoms with Crippen LogP contribution in [0.25, 0.3) is 23.1 Å². The fourth-order valence-corrected chi connectivity index (χ4v) is 2.47. The van der Waals surface area contributed by atoms with Gasteiger partial charge in [0.05, 0.1) is 5.69 Å². The summed E-state index contributed by atoms with van der Waals surface area (Å²) >= 11 is 0. The van der Waals surface area contributed by atoms with Gasteiger partial charge in [-0.2, -0.15) is 0 Å². The average Bonchev–Trinajstić information content (AvgIpc) is 2.51. The number of phenols is 1. The maximum Gasteiger partial charge on any atom is 0.144 e. The molecule has 0 bridgehead atoms. The van der Waals surface area contributed by atoms with Crippen LogP contribution in [0.1, 0.15) is 22.4 Å². The van der Waals surface area contributed by atoms with Crippen LogP contribution in [0.3, 0.4) is 0 Å². The van der Waals surface area contributed by atoms with Crippen molar-refractivity contribution in [2.75, 3.05) is 0 Å². The lowest BCUT2D eigenvalue weighted by Gasteiger charge is -2.07. The van der Waals surface area contributed by atoms with E-state index in [0.29, 0.717) is 5.52 Å². The molecule has 0 atom stereocenters. The Kier molecular flexibility index (Phi) is 3.44. The SMILES string of the molecule is Cc1cc(C)c2ccc(C=Cc3ccccc3)nc2c1O. The number of nitrogens with zero attached hydrogens (tertiary/aromatic N) is 1. The quantitative estimate of drug-likeness (QED) is 0.733. The molecule has 0 aliphatic rings. The number of benzene rings is 2. The van der Waals surface area contributed by atoms with Crippen LogP contribution >= 0.6 is 0 Å². The van der Waals surface area contributed by atoms with Crippen molar-refractivity contribution in [1.29, 1.82) is 0 Å². The zero-order valence-electron chi connectivity index (χ0n) is 12.2. The molecule has 1 aromatic heterocycles. The van der Waals surface area contributed by atoms with Crippen LogP contribution in [-0.4, -0.2) is 10.1 Å². The molecule has 21 heavy (non-hydrogen) atoms. The van der Waals surface area contributed by atoms with E-state index in [9.17, 15) is 5.11 Å². The maximum absolute atomic E-state index is 10.2. The van der Waals surface area contributed by atoms with Crippen LogP contribution < -0.4 is 0 Å². The minimum atomic E-state index is 0.269. The largest absolute Gasteiger partial charge is 0.505 e. The molecule has 2 aromatic carbocycles. The van der Waals surface area contributed by atoms with Gasteiger partial charge >= 0.3 is 0 Å². The van der Waals surface area contributed by atoms with Gasteiger partial charge in [-0.05, 0) is 42.7 Å². The molecule has 1 N–H and O–H groups in total. The van der Waals surface area contributed by atoms with Crippen molar-refractivity contribution in [3.05, 3.63) is 70.9 Å². The summed E-state index contributed by atoms with van der Waals surface area (Å²) < 4.78 is 0. The molecule has 2 nitrogen and oxygen atoms in total. The number of hydrogen-bond acceptors (Lipinski definition) is 2. The maximum atomic E-state index is 10.2. The summed E-state index contributed by atoms with van der Waals surface area (Å²) in [7, 11) is 0. The number of aryl methyl sites for hydroxylation is 2. The Hall–Kier alpha value is -2.61. The van der Waals surface area contributed by atoms with Crippen molar-refractivity contribution in [2.24, 2.45) is 0 Å². The van der Waals surface area contributed by atoms with E-state index in [-0.39, 0.29) is 5.75 Å². The number of phenolic OH excluding ortho intramolecular Hbond substituents is 1. The third kappa shape index (κ3) is 2.65. The van der Waals surface area contributed by atoms with Crippen molar-refractivity contribution < 1.29 is 5.11 Å². The molecule has 0 spiro atoms. The minimum Gasteiger partial charge on any atom is -0.505 e. The Bertz CT molecular complexity index is 820. The molecule has 0 saturated heterocycles. The highest BCUT2D eigenvalue weighted by atomic mass is 16.3. The van der Waals surface area contributed by atoms with Crippen molar-refractivity contribution in [3.63, 3.8) is 0 Å². The molecular weight excluding hydrogens is 258 g/mol. The predicted molar refractivity (Wildman–Crippen MR) is 88.3 cm³/mol. The van der Waals surface area contributed by atoms with Gasteiger partial charge in [-0.25, -0.2) is 4.98 Å². The number of aromatic hydroxyl groups is 1. The van der Waals surface area contributed by atoms with Gasteiger partial charge in [0.25, 0.3) is 0 Å². The number of fused-ring (bicyclic) bond motifs is 1. The topological polar surface area (TPSA) is 33.1 Å². The third-order valence-corrected chi connectivity index (χ3v) is 3.62. The first-order valence-electron chi connectivity index (χ1n) is 6.98. The van der Waals surface area contributed by atoms with E-state index in [0.717, 1.165) is 27.8 Å². The van der Waals surface area contributed by atoms with E-state index < -0.39 is 0 Å². The molecule has 3 aromatic rings. The van der Waals surface area contributed by atoms with E-state index in [4.69, 9.17) is 0 Å². The van der Waals surface area contributed by atoms with E-state index in [2.05, 4.69) is 4.98 Å². The summed E-state index contributed by atoms with van der Waals surface area (Å²) in [6.45, 7) is 3.94. The minimum absolute atomic E-state index is 0.269. The monoisotopic (exact) mass is 275 g/mol. The van der Waals surface area contributed by atoms with E-state index in [1.165, 1.54) is 0 Å². The van der Waals surface area contributed by atoms with Crippen LogP contribution in [0.15, 0.2) is 48.5 Å². The lowest BCUT2D eigenvalue weighted by atomic mass is 10.0. The Morgan fingerprint density at radius 1 is 0.905 bits per heavy atom. The molecule has 0 fully saturated rings. The molecule has 0 amide bonds. The fraction of sp³-hybridized carbons (Fsp3) is 0.105. The van der Waals surface area contributed by atoms with Crippen molar-refractivity contribution in [2.45, 2.75) is 13.8 Å². The lowest BCUT2D eigenvalue weighted by Crippen LogP contribution is -1.89. The van der Waals surface area contributed by atoms with Crippen molar-refractivity contribution in [3.8, 4) is 5.75 Å². The smallest absolute Gasteiger partial charge is 0.144 e. The number of aromatic nitrogens is 1. The summed E-state index contributed by atoms with van der Waals surface area (Å²) in [5.74, 6) is 0.269. The van der Waals surface area contributed by atoms with Crippen LogP contribution in [0.2, 0.25) is 0 Å². The number of hydrogen-bond donors (Lipinski definition) is 1. The normalized spacial score (nSPS) is 11.3. The second kappa shape index (κ2) is 5.41. The molecule has 0 unspecified atom stereocenters. The zero-order valence-corrected chi connectivity index (χ0v) is 12.2. The summed E-state index contributed by atoms with van der Waals surface area (Å²) in [4.78, 5) is 4.57. The summed E-state index contributed by atoms with van der Waals surface area (Å²) in [5.41, 5.74) is 4.63. The predicted octanol–water partition coefficient (Wildman–Crippen LogP) is 4.73. The van der Waals surface area contributed by atoms with Gasteiger partial charge in [-0.3, -0.25) is 0 Å². The zero-order chi connectivity index (χ0) is 14.8. The molecule has 2 heteroatoms. The standard InChI is InChI=1S/C19H17NO/c1-13-12-14(2)19(21)18-17(13)11-10-16(20-18)9-8-15-6-4-3-5-7-15/h3-12,21H,1-2H3. The highest BCUT2D eigenvalue weighted by Gasteiger charge is 2.08. The average molecular weight is 275 g/mol. The highest BCUT2D eigenvalue weighted by Crippen LogP contribution is 2.29. The molecule has 0 aliphatic carbocycles. The first-order valence-corrected chi connectivity index (χ1v) is 6.98. The van der Waals surface area contributed by atoms with E-state index in [1.807, 2.05) is 74.5 Å².